The second-order valence-corrected chi connectivity index (χ2v) is 7.38. The molecular formula is C18H26N4O2. The Morgan fingerprint density at radius 1 is 1.38 bits per heavy atom. The molecule has 24 heavy (non-hydrogen) atoms. The van der Waals surface area contributed by atoms with Gasteiger partial charge in [-0.2, -0.15) is 5.10 Å². The van der Waals surface area contributed by atoms with Crippen LogP contribution in [0.1, 0.15) is 42.6 Å². The minimum Gasteiger partial charge on any atom is -0.393 e. The molecule has 2 aromatic rings. The Hall–Kier alpha value is -1.50. The number of aromatic nitrogens is 3. The van der Waals surface area contributed by atoms with Crippen LogP contribution in [0, 0.1) is 13.8 Å². The number of fused-ring (bicyclic) bond motifs is 2. The summed E-state index contributed by atoms with van der Waals surface area (Å²) in [6.07, 6.45) is 5.32. The summed E-state index contributed by atoms with van der Waals surface area (Å²) in [7, 11) is 1.82. The second kappa shape index (κ2) is 5.79. The van der Waals surface area contributed by atoms with Crippen molar-refractivity contribution in [1.29, 1.82) is 0 Å². The quantitative estimate of drug-likeness (QED) is 0.930. The van der Waals surface area contributed by atoms with Gasteiger partial charge in [0.2, 0.25) is 0 Å². The predicted octanol–water partition coefficient (Wildman–Crippen LogP) is 1.85. The number of hydrogen-bond acceptors (Lipinski definition) is 5. The minimum atomic E-state index is -0.217. The first-order valence-electron chi connectivity index (χ1n) is 8.80. The van der Waals surface area contributed by atoms with Crippen molar-refractivity contribution >= 4 is 5.65 Å². The maximum absolute atomic E-state index is 10.1. The highest BCUT2D eigenvalue weighted by atomic mass is 16.5. The van der Waals surface area contributed by atoms with Gasteiger partial charge in [-0.05, 0) is 45.6 Å². The van der Waals surface area contributed by atoms with Gasteiger partial charge in [0.05, 0.1) is 17.9 Å². The van der Waals surface area contributed by atoms with E-state index in [4.69, 9.17) is 4.74 Å². The number of aryl methyl sites for hydroxylation is 2. The Bertz CT molecular complexity index is 759. The second-order valence-electron chi connectivity index (χ2n) is 7.38. The van der Waals surface area contributed by atoms with Crippen LogP contribution in [0.4, 0.5) is 0 Å². The zero-order valence-corrected chi connectivity index (χ0v) is 14.7. The Labute approximate surface area is 142 Å². The molecule has 1 aliphatic heterocycles. The summed E-state index contributed by atoms with van der Waals surface area (Å²) in [6.45, 7) is 5.88. The van der Waals surface area contributed by atoms with E-state index in [1.54, 1.807) is 0 Å². The van der Waals surface area contributed by atoms with Gasteiger partial charge in [0.15, 0.2) is 5.65 Å². The van der Waals surface area contributed by atoms with Crippen LogP contribution in [-0.2, 0) is 11.3 Å². The van der Waals surface area contributed by atoms with Gasteiger partial charge in [-0.3, -0.25) is 4.90 Å². The molecule has 6 nitrogen and oxygen atoms in total. The highest BCUT2D eigenvalue weighted by Crippen LogP contribution is 2.43. The van der Waals surface area contributed by atoms with E-state index >= 15 is 0 Å². The highest BCUT2D eigenvalue weighted by Gasteiger charge is 2.50. The average molecular weight is 330 g/mol. The van der Waals surface area contributed by atoms with Crippen LogP contribution in [0.5, 0.6) is 0 Å². The smallest absolute Gasteiger partial charge is 0.159 e. The van der Waals surface area contributed by atoms with Crippen molar-refractivity contribution in [2.45, 2.75) is 63.8 Å². The van der Waals surface area contributed by atoms with Crippen molar-refractivity contribution in [3.8, 4) is 0 Å². The van der Waals surface area contributed by atoms with Crippen molar-refractivity contribution in [2.24, 2.45) is 0 Å². The summed E-state index contributed by atoms with van der Waals surface area (Å²) in [4.78, 5) is 7.13. The van der Waals surface area contributed by atoms with E-state index in [0.29, 0.717) is 0 Å². The molecule has 6 heteroatoms. The third kappa shape index (κ3) is 2.44. The van der Waals surface area contributed by atoms with Crippen molar-refractivity contribution in [2.75, 3.05) is 13.7 Å². The molecule has 2 aliphatic rings. The number of methoxy groups -OCH3 is 1. The molecule has 2 fully saturated rings. The fraction of sp³-hybridized carbons (Fsp3) is 0.667. The average Bonchev–Trinajstić information content (AvgIpc) is 3.11. The Kier molecular flexibility index (Phi) is 3.86. The molecule has 0 bridgehead atoms. The normalized spacial score (nSPS) is 30.8. The van der Waals surface area contributed by atoms with Crippen LogP contribution < -0.4 is 0 Å². The van der Waals surface area contributed by atoms with Crippen LogP contribution >= 0.6 is 0 Å². The van der Waals surface area contributed by atoms with E-state index in [9.17, 15) is 5.11 Å². The van der Waals surface area contributed by atoms with Crippen LogP contribution in [0.25, 0.3) is 5.65 Å². The molecule has 130 valence electrons. The van der Waals surface area contributed by atoms with E-state index in [1.165, 1.54) is 0 Å². The zero-order chi connectivity index (χ0) is 16.9. The summed E-state index contributed by atoms with van der Waals surface area (Å²) >= 11 is 0. The monoisotopic (exact) mass is 330 g/mol. The molecule has 4 rings (SSSR count). The van der Waals surface area contributed by atoms with Crippen LogP contribution in [0.2, 0.25) is 0 Å². The Balaban J connectivity index is 1.64. The molecule has 0 unspecified atom stereocenters. The number of nitrogens with zero attached hydrogens (tertiary/aromatic N) is 4. The van der Waals surface area contributed by atoms with Crippen molar-refractivity contribution < 1.29 is 9.84 Å². The van der Waals surface area contributed by atoms with Gasteiger partial charge in [0.1, 0.15) is 0 Å². The van der Waals surface area contributed by atoms with Gasteiger partial charge < -0.3 is 9.84 Å². The summed E-state index contributed by atoms with van der Waals surface area (Å²) in [5, 5.41) is 14.6. The zero-order valence-electron chi connectivity index (χ0n) is 14.7. The molecule has 2 aromatic heterocycles. The number of likely N-dealkylation sites (tertiary alicyclic amines) is 1. The van der Waals surface area contributed by atoms with E-state index in [-0.39, 0.29) is 17.7 Å². The molecule has 1 N–H and O–H groups in total. The number of hydrogen-bond donors (Lipinski definition) is 1. The number of rotatable bonds is 3. The molecule has 3 heterocycles. The summed E-state index contributed by atoms with van der Waals surface area (Å²) in [5.74, 6) is 0. The van der Waals surface area contributed by atoms with Gasteiger partial charge in [-0.1, -0.05) is 0 Å². The maximum Gasteiger partial charge on any atom is 0.159 e. The molecule has 0 radical (unpaired) electrons. The number of aliphatic hydroxyl groups is 1. The highest BCUT2D eigenvalue weighted by molar-refractivity contribution is 5.48. The van der Waals surface area contributed by atoms with Crippen molar-refractivity contribution in [1.82, 2.24) is 19.5 Å². The third-order valence-electron chi connectivity index (χ3n) is 5.90. The summed E-state index contributed by atoms with van der Waals surface area (Å²) in [6, 6.07) is 2.32. The van der Waals surface area contributed by atoms with E-state index in [0.717, 1.165) is 61.4 Å². The fourth-order valence-corrected chi connectivity index (χ4v) is 4.61. The largest absolute Gasteiger partial charge is 0.393 e. The van der Waals surface area contributed by atoms with Crippen LogP contribution in [0.3, 0.4) is 0 Å². The first kappa shape index (κ1) is 16.0. The van der Waals surface area contributed by atoms with E-state index in [1.807, 2.05) is 30.8 Å². The molecule has 3 atom stereocenters. The Morgan fingerprint density at radius 2 is 2.21 bits per heavy atom. The van der Waals surface area contributed by atoms with E-state index in [2.05, 4.69) is 21.9 Å². The first-order chi connectivity index (χ1) is 11.5. The van der Waals surface area contributed by atoms with Gasteiger partial charge in [-0.15, -0.1) is 0 Å². The lowest BCUT2D eigenvalue weighted by Gasteiger charge is -2.42. The minimum absolute atomic E-state index is 0.0958. The predicted molar refractivity (Wildman–Crippen MR) is 90.9 cm³/mol. The lowest BCUT2D eigenvalue weighted by molar-refractivity contribution is -0.0879. The summed E-state index contributed by atoms with van der Waals surface area (Å²) in [5.41, 5.74) is 4.11. The van der Waals surface area contributed by atoms with Crippen LogP contribution in [0.15, 0.2) is 12.3 Å². The van der Waals surface area contributed by atoms with Crippen LogP contribution in [-0.4, -0.2) is 56.0 Å². The molecule has 0 spiro atoms. The molecule has 0 amide bonds. The van der Waals surface area contributed by atoms with Gasteiger partial charge in [0.25, 0.3) is 0 Å². The first-order valence-corrected chi connectivity index (χ1v) is 8.80. The fourth-order valence-electron chi connectivity index (χ4n) is 4.61. The molecule has 1 saturated carbocycles. The van der Waals surface area contributed by atoms with Gasteiger partial charge in [0, 0.05) is 43.2 Å². The SMILES string of the molecule is CO[C@@]12CC[C@@H](O)C[C@@H]1N(Cc1cnn3c(C)cc(C)nc13)CC2. The number of ether oxygens (including phenoxy) is 1. The van der Waals surface area contributed by atoms with Crippen molar-refractivity contribution in [3.05, 3.63) is 29.2 Å². The molecule has 0 aromatic carbocycles. The lowest BCUT2D eigenvalue weighted by Crippen LogP contribution is -2.51. The number of aliphatic hydroxyl groups excluding tert-OH is 1. The topological polar surface area (TPSA) is 62.9 Å². The van der Waals surface area contributed by atoms with Crippen molar-refractivity contribution in [3.63, 3.8) is 0 Å². The standard InChI is InChI=1S/C18H26N4O2/c1-12-8-13(2)22-17(20-12)14(10-19-22)11-21-7-6-18(24-3)5-4-15(23)9-16(18)21/h8,10,15-16,23H,4-7,9,11H2,1-3H3/t15-,16+,18-/m1/s1. The van der Waals surface area contributed by atoms with E-state index < -0.39 is 0 Å². The summed E-state index contributed by atoms with van der Waals surface area (Å²) < 4.78 is 7.85. The van der Waals surface area contributed by atoms with Gasteiger partial charge in [-0.25, -0.2) is 9.50 Å². The third-order valence-corrected chi connectivity index (χ3v) is 5.90. The maximum atomic E-state index is 10.1. The molecular weight excluding hydrogens is 304 g/mol. The molecule has 1 aliphatic carbocycles. The Morgan fingerprint density at radius 3 is 3.00 bits per heavy atom. The van der Waals surface area contributed by atoms with Gasteiger partial charge >= 0.3 is 0 Å². The lowest BCUT2D eigenvalue weighted by atomic mass is 9.79. The molecule has 1 saturated heterocycles.